The highest BCUT2D eigenvalue weighted by atomic mass is 79.9. The normalized spacial score (nSPS) is 12.6. The second kappa shape index (κ2) is 7.62. The lowest BCUT2D eigenvalue weighted by atomic mass is 10.1. The number of rotatable bonds is 4. The average Bonchev–Trinajstić information content (AvgIpc) is 2.56. The SMILES string of the molecule is N#C/C(=C\c1cc(O)c(O)c(Br)c1)S(=O)(=O)Cc1cccc(C(F)(F)F)c1. The number of phenols is 2. The predicted molar refractivity (Wildman–Crippen MR) is 95.1 cm³/mol. The molecule has 0 aliphatic carbocycles. The summed E-state index contributed by atoms with van der Waals surface area (Å²) in [5, 5.41) is 28.2. The summed E-state index contributed by atoms with van der Waals surface area (Å²) in [4.78, 5) is -0.697. The van der Waals surface area contributed by atoms with Gasteiger partial charge in [0, 0.05) is 0 Å². The van der Waals surface area contributed by atoms with Crippen LogP contribution in [0.4, 0.5) is 13.2 Å². The Balaban J connectivity index is 2.41. The molecule has 0 heterocycles. The fourth-order valence-corrected chi connectivity index (χ4v) is 3.86. The van der Waals surface area contributed by atoms with E-state index in [1.807, 2.05) is 0 Å². The van der Waals surface area contributed by atoms with E-state index in [1.54, 1.807) is 0 Å². The first-order valence-corrected chi connectivity index (χ1v) is 9.61. The smallest absolute Gasteiger partial charge is 0.416 e. The Labute approximate surface area is 161 Å². The van der Waals surface area contributed by atoms with E-state index < -0.39 is 43.7 Å². The molecule has 0 spiro atoms. The van der Waals surface area contributed by atoms with Crippen LogP contribution < -0.4 is 0 Å². The molecular weight excluding hydrogens is 451 g/mol. The Morgan fingerprint density at radius 1 is 1.22 bits per heavy atom. The van der Waals surface area contributed by atoms with Crippen LogP contribution in [0.1, 0.15) is 16.7 Å². The highest BCUT2D eigenvalue weighted by Crippen LogP contribution is 2.35. The number of benzene rings is 2. The molecule has 2 aromatic carbocycles. The number of allylic oxidation sites excluding steroid dienone is 1. The van der Waals surface area contributed by atoms with Gasteiger partial charge in [-0.2, -0.15) is 18.4 Å². The van der Waals surface area contributed by atoms with Crippen LogP contribution in [0.2, 0.25) is 0 Å². The van der Waals surface area contributed by atoms with Gasteiger partial charge in [0.05, 0.1) is 15.8 Å². The minimum atomic E-state index is -4.62. The molecule has 0 bridgehead atoms. The molecule has 0 aromatic heterocycles. The van der Waals surface area contributed by atoms with Crippen molar-refractivity contribution in [2.45, 2.75) is 11.9 Å². The van der Waals surface area contributed by atoms with Crippen molar-refractivity contribution in [2.24, 2.45) is 0 Å². The number of hydrogen-bond acceptors (Lipinski definition) is 5. The van der Waals surface area contributed by atoms with E-state index >= 15 is 0 Å². The summed E-state index contributed by atoms with van der Waals surface area (Å²) in [6.07, 6.45) is -3.67. The van der Waals surface area contributed by atoms with Gasteiger partial charge in [-0.1, -0.05) is 18.2 Å². The summed E-state index contributed by atoms with van der Waals surface area (Å²) >= 11 is 2.96. The second-order valence-corrected chi connectivity index (χ2v) is 8.26. The number of nitrogens with zero attached hydrogens (tertiary/aromatic N) is 1. The third-order valence-electron chi connectivity index (χ3n) is 3.42. The molecule has 10 heteroatoms. The summed E-state index contributed by atoms with van der Waals surface area (Å²) in [7, 11) is -4.25. The number of sulfone groups is 1. The second-order valence-electron chi connectivity index (χ2n) is 5.45. The van der Waals surface area contributed by atoms with Crippen molar-refractivity contribution in [3.05, 3.63) is 62.5 Å². The number of halogens is 4. The van der Waals surface area contributed by atoms with E-state index in [9.17, 15) is 37.1 Å². The maximum Gasteiger partial charge on any atom is 0.416 e. The minimum Gasteiger partial charge on any atom is -0.504 e. The van der Waals surface area contributed by atoms with Crippen LogP contribution in [0.25, 0.3) is 6.08 Å². The monoisotopic (exact) mass is 461 g/mol. The molecule has 142 valence electrons. The summed E-state index contributed by atoms with van der Waals surface area (Å²) in [5.74, 6) is -1.80. The number of alkyl halides is 3. The lowest BCUT2D eigenvalue weighted by Gasteiger charge is -2.09. The van der Waals surface area contributed by atoms with E-state index in [-0.39, 0.29) is 15.6 Å². The Kier molecular flexibility index (Phi) is 5.87. The molecule has 0 fully saturated rings. The summed E-state index contributed by atoms with van der Waals surface area (Å²) in [5.41, 5.74) is -1.02. The van der Waals surface area contributed by atoms with Crippen LogP contribution in [-0.4, -0.2) is 18.6 Å². The molecule has 0 atom stereocenters. The van der Waals surface area contributed by atoms with Gasteiger partial charge in [-0.3, -0.25) is 0 Å². The van der Waals surface area contributed by atoms with Gasteiger partial charge in [-0.15, -0.1) is 0 Å². The molecule has 0 aliphatic heterocycles. The number of phenolic OH excluding ortho intramolecular Hbond substituents is 2. The number of nitriles is 1. The van der Waals surface area contributed by atoms with E-state index in [2.05, 4.69) is 15.9 Å². The Morgan fingerprint density at radius 3 is 2.44 bits per heavy atom. The zero-order chi connectivity index (χ0) is 20.4. The van der Waals surface area contributed by atoms with Crippen molar-refractivity contribution in [3.8, 4) is 17.6 Å². The maximum atomic E-state index is 12.8. The van der Waals surface area contributed by atoms with Crippen molar-refractivity contribution in [1.82, 2.24) is 0 Å². The van der Waals surface area contributed by atoms with Gasteiger partial charge in [0.2, 0.25) is 0 Å². The predicted octanol–water partition coefficient (Wildman–Crippen LogP) is 4.36. The Hall–Kier alpha value is -2.51. The third-order valence-corrected chi connectivity index (χ3v) is 5.62. The van der Waals surface area contributed by atoms with Gasteiger partial charge < -0.3 is 10.2 Å². The van der Waals surface area contributed by atoms with Gasteiger partial charge in [0.1, 0.15) is 11.0 Å². The zero-order valence-corrected chi connectivity index (χ0v) is 15.7. The van der Waals surface area contributed by atoms with Crippen LogP contribution in [-0.2, 0) is 21.8 Å². The van der Waals surface area contributed by atoms with Gasteiger partial charge >= 0.3 is 6.18 Å². The van der Waals surface area contributed by atoms with Crippen LogP contribution >= 0.6 is 15.9 Å². The molecule has 2 N–H and O–H groups in total. The van der Waals surface area contributed by atoms with E-state index in [1.165, 1.54) is 18.2 Å². The van der Waals surface area contributed by atoms with E-state index in [4.69, 9.17) is 0 Å². The molecule has 2 aromatic rings. The van der Waals surface area contributed by atoms with Crippen molar-refractivity contribution in [3.63, 3.8) is 0 Å². The number of hydrogen-bond donors (Lipinski definition) is 2. The third kappa shape index (κ3) is 5.02. The summed E-state index contributed by atoms with van der Waals surface area (Å²) < 4.78 is 63.2. The zero-order valence-electron chi connectivity index (χ0n) is 13.3. The van der Waals surface area contributed by atoms with E-state index in [0.717, 1.165) is 24.3 Å². The first kappa shape index (κ1) is 20.8. The van der Waals surface area contributed by atoms with Crippen LogP contribution in [0.3, 0.4) is 0 Å². The molecule has 5 nitrogen and oxygen atoms in total. The Bertz CT molecular complexity index is 1030. The molecular formula is C17H11BrF3NO4S. The molecule has 0 amide bonds. The van der Waals surface area contributed by atoms with Crippen molar-refractivity contribution in [2.75, 3.05) is 0 Å². The average molecular weight is 462 g/mol. The van der Waals surface area contributed by atoms with Crippen LogP contribution in [0, 0.1) is 11.3 Å². The number of aromatic hydroxyl groups is 2. The van der Waals surface area contributed by atoms with Crippen molar-refractivity contribution < 1.29 is 31.8 Å². The van der Waals surface area contributed by atoms with Crippen molar-refractivity contribution >= 4 is 31.8 Å². The lowest BCUT2D eigenvalue weighted by Crippen LogP contribution is -2.09. The van der Waals surface area contributed by atoms with Crippen LogP contribution in [0.15, 0.2) is 45.8 Å². The molecule has 0 unspecified atom stereocenters. The lowest BCUT2D eigenvalue weighted by molar-refractivity contribution is -0.137. The minimum absolute atomic E-state index is 0.0707. The standard InChI is InChI=1S/C17H11BrF3NO4S/c18-14-6-11(7-15(23)16(14)24)5-13(8-22)27(25,26)9-10-2-1-3-12(4-10)17(19,20)21/h1-7,23-24H,9H2/b13-5+. The molecule has 0 aliphatic rings. The topological polar surface area (TPSA) is 98.4 Å². The highest BCUT2D eigenvalue weighted by Gasteiger charge is 2.31. The molecule has 0 saturated heterocycles. The first-order chi connectivity index (χ1) is 12.4. The molecule has 27 heavy (non-hydrogen) atoms. The molecule has 2 rings (SSSR count). The fourth-order valence-electron chi connectivity index (χ4n) is 2.17. The highest BCUT2D eigenvalue weighted by molar-refractivity contribution is 9.10. The fraction of sp³-hybridized carbons (Fsp3) is 0.118. The van der Waals surface area contributed by atoms with Gasteiger partial charge in [-0.05, 0) is 51.3 Å². The maximum absolute atomic E-state index is 12.8. The quantitative estimate of drug-likeness (QED) is 0.520. The first-order valence-electron chi connectivity index (χ1n) is 7.16. The van der Waals surface area contributed by atoms with Crippen molar-refractivity contribution in [1.29, 1.82) is 5.26 Å². The summed E-state index contributed by atoms with van der Waals surface area (Å²) in [6, 6.07) is 7.62. The molecule has 0 radical (unpaired) electrons. The largest absolute Gasteiger partial charge is 0.504 e. The summed E-state index contributed by atoms with van der Waals surface area (Å²) in [6.45, 7) is 0. The van der Waals surface area contributed by atoms with Gasteiger partial charge in [-0.25, -0.2) is 8.42 Å². The molecule has 0 saturated carbocycles. The van der Waals surface area contributed by atoms with Gasteiger partial charge in [0.25, 0.3) is 0 Å². The van der Waals surface area contributed by atoms with E-state index in [0.29, 0.717) is 6.07 Å². The van der Waals surface area contributed by atoms with Crippen LogP contribution in [0.5, 0.6) is 11.5 Å². The Morgan fingerprint density at radius 2 is 1.89 bits per heavy atom. The van der Waals surface area contributed by atoms with Gasteiger partial charge in [0.15, 0.2) is 21.3 Å².